The standard InChI is InChI=1S/C30H27N3O5S/c1-18-25(28(34)32-21-12-6-5-7-13-21)26(19-10-8-14-22(16-19)36-2)33-29(35)24(39-30(33)31-18)17-20-11-9-15-23(37-3)27(20)38-4/h5-17,26H,1-4H3,(H,32,34)/b24-17-/t26-/m1/s1. The van der Waals surface area contributed by atoms with Crippen LogP contribution in [0, 0.1) is 0 Å². The lowest BCUT2D eigenvalue weighted by Crippen LogP contribution is -2.40. The summed E-state index contributed by atoms with van der Waals surface area (Å²) in [5, 5.41) is 2.96. The van der Waals surface area contributed by atoms with E-state index in [0.717, 1.165) is 5.56 Å². The van der Waals surface area contributed by atoms with E-state index in [9.17, 15) is 9.59 Å². The number of amides is 1. The summed E-state index contributed by atoms with van der Waals surface area (Å²) in [4.78, 5) is 32.8. The molecule has 39 heavy (non-hydrogen) atoms. The molecule has 1 amide bonds. The molecule has 1 N–H and O–H groups in total. The van der Waals surface area contributed by atoms with Crippen molar-refractivity contribution in [1.29, 1.82) is 0 Å². The van der Waals surface area contributed by atoms with Crippen LogP contribution in [-0.2, 0) is 4.79 Å². The van der Waals surface area contributed by atoms with Gasteiger partial charge in [0.15, 0.2) is 16.3 Å². The molecular formula is C30H27N3O5S. The predicted octanol–water partition coefficient (Wildman–Crippen LogP) is 3.90. The average molecular weight is 542 g/mol. The smallest absolute Gasteiger partial charge is 0.271 e. The second-order valence-corrected chi connectivity index (χ2v) is 9.77. The molecule has 3 aromatic carbocycles. The highest BCUT2D eigenvalue weighted by molar-refractivity contribution is 7.07. The van der Waals surface area contributed by atoms with Crippen LogP contribution in [0.25, 0.3) is 6.08 Å². The van der Waals surface area contributed by atoms with Gasteiger partial charge in [-0.15, -0.1) is 0 Å². The van der Waals surface area contributed by atoms with Crippen molar-refractivity contribution in [2.45, 2.75) is 13.0 Å². The van der Waals surface area contributed by atoms with Crippen molar-refractivity contribution in [3.8, 4) is 17.2 Å². The molecule has 1 aliphatic rings. The Hall–Kier alpha value is -4.63. The van der Waals surface area contributed by atoms with E-state index in [1.54, 1.807) is 45.0 Å². The van der Waals surface area contributed by atoms with E-state index in [4.69, 9.17) is 19.2 Å². The second kappa shape index (κ2) is 11.0. The minimum Gasteiger partial charge on any atom is -0.497 e. The third kappa shape index (κ3) is 4.96. The van der Waals surface area contributed by atoms with Crippen LogP contribution in [-0.4, -0.2) is 31.8 Å². The third-order valence-corrected chi connectivity index (χ3v) is 7.41. The van der Waals surface area contributed by atoms with Crippen molar-refractivity contribution in [2.75, 3.05) is 26.6 Å². The zero-order valence-corrected chi connectivity index (χ0v) is 22.7. The number of carbonyl (C=O) groups excluding carboxylic acids is 1. The summed E-state index contributed by atoms with van der Waals surface area (Å²) in [6.07, 6.45) is 1.76. The summed E-state index contributed by atoms with van der Waals surface area (Å²) in [6, 6.07) is 21.3. The first-order chi connectivity index (χ1) is 18.9. The van der Waals surface area contributed by atoms with Crippen molar-refractivity contribution >= 4 is 29.0 Å². The molecule has 0 fully saturated rings. The monoisotopic (exact) mass is 541 g/mol. The van der Waals surface area contributed by atoms with Crippen molar-refractivity contribution in [3.63, 3.8) is 0 Å². The van der Waals surface area contributed by atoms with E-state index in [0.29, 0.717) is 49.1 Å². The fourth-order valence-corrected chi connectivity index (χ4v) is 5.66. The molecule has 2 heterocycles. The lowest BCUT2D eigenvalue weighted by atomic mass is 9.95. The van der Waals surface area contributed by atoms with E-state index < -0.39 is 6.04 Å². The Bertz CT molecular complexity index is 1760. The van der Waals surface area contributed by atoms with Gasteiger partial charge >= 0.3 is 0 Å². The zero-order valence-electron chi connectivity index (χ0n) is 21.9. The van der Waals surface area contributed by atoms with Crippen molar-refractivity contribution in [2.24, 2.45) is 4.99 Å². The number of methoxy groups -OCH3 is 3. The molecule has 1 aromatic heterocycles. The predicted molar refractivity (Wildman–Crippen MR) is 151 cm³/mol. The fraction of sp³-hybridized carbons (Fsp3) is 0.167. The number of fused-ring (bicyclic) bond motifs is 1. The molecule has 8 nitrogen and oxygen atoms in total. The Labute approximate surface area is 229 Å². The third-order valence-electron chi connectivity index (χ3n) is 6.43. The highest BCUT2D eigenvalue weighted by Gasteiger charge is 2.32. The van der Waals surface area contributed by atoms with Gasteiger partial charge in [0.25, 0.3) is 11.5 Å². The molecule has 0 unspecified atom stereocenters. The van der Waals surface area contributed by atoms with Gasteiger partial charge in [-0.25, -0.2) is 4.99 Å². The van der Waals surface area contributed by atoms with Crippen LogP contribution in [0.15, 0.2) is 93.9 Å². The highest BCUT2D eigenvalue weighted by atomic mass is 32.1. The van der Waals surface area contributed by atoms with Crippen LogP contribution in [0.4, 0.5) is 5.69 Å². The summed E-state index contributed by atoms with van der Waals surface area (Å²) in [7, 11) is 4.70. The van der Waals surface area contributed by atoms with Gasteiger partial charge in [-0.1, -0.05) is 53.8 Å². The summed E-state index contributed by atoms with van der Waals surface area (Å²) in [5.74, 6) is 1.37. The first-order valence-corrected chi connectivity index (χ1v) is 13.0. The number of nitrogens with one attached hydrogen (secondary N) is 1. The number of hydrogen-bond acceptors (Lipinski definition) is 7. The van der Waals surface area contributed by atoms with E-state index in [-0.39, 0.29) is 11.5 Å². The Morgan fingerprint density at radius 2 is 1.74 bits per heavy atom. The normalized spacial score (nSPS) is 14.9. The van der Waals surface area contributed by atoms with Crippen LogP contribution in [0.5, 0.6) is 17.2 Å². The van der Waals surface area contributed by atoms with Gasteiger partial charge < -0.3 is 19.5 Å². The number of rotatable bonds is 7. The van der Waals surface area contributed by atoms with Gasteiger partial charge in [0.1, 0.15) is 5.75 Å². The number of aromatic nitrogens is 1. The van der Waals surface area contributed by atoms with Gasteiger partial charge in [-0.05, 0) is 48.9 Å². The Kier molecular flexibility index (Phi) is 7.33. The van der Waals surface area contributed by atoms with E-state index in [1.807, 2.05) is 66.7 Å². The van der Waals surface area contributed by atoms with Crippen LogP contribution in [0.3, 0.4) is 0 Å². The zero-order chi connectivity index (χ0) is 27.5. The largest absolute Gasteiger partial charge is 0.497 e. The maximum Gasteiger partial charge on any atom is 0.271 e. The summed E-state index contributed by atoms with van der Waals surface area (Å²) < 4.78 is 18.5. The minimum absolute atomic E-state index is 0.269. The van der Waals surface area contributed by atoms with Crippen molar-refractivity contribution in [1.82, 2.24) is 4.57 Å². The molecule has 9 heteroatoms. The maximum absolute atomic E-state index is 14.0. The molecule has 1 aliphatic heterocycles. The molecule has 198 valence electrons. The SMILES string of the molecule is COc1cccc([C@@H]2C(C(=O)Nc3ccccc3)=C(C)N=c3s/c(=C\c4cccc(OC)c4OC)c(=O)n32)c1. The average Bonchev–Trinajstić information content (AvgIpc) is 3.26. The molecule has 0 radical (unpaired) electrons. The molecule has 0 aliphatic carbocycles. The lowest BCUT2D eigenvalue weighted by Gasteiger charge is -2.25. The molecular weight excluding hydrogens is 514 g/mol. The Morgan fingerprint density at radius 3 is 2.46 bits per heavy atom. The van der Waals surface area contributed by atoms with Gasteiger partial charge in [-0.2, -0.15) is 0 Å². The van der Waals surface area contributed by atoms with Crippen LogP contribution < -0.4 is 34.4 Å². The number of para-hydroxylation sites is 2. The quantitative estimate of drug-likeness (QED) is 0.383. The van der Waals surface area contributed by atoms with Gasteiger partial charge in [0, 0.05) is 11.3 Å². The van der Waals surface area contributed by atoms with Gasteiger partial charge in [-0.3, -0.25) is 14.2 Å². The summed E-state index contributed by atoms with van der Waals surface area (Å²) in [6.45, 7) is 1.79. The van der Waals surface area contributed by atoms with E-state index in [1.165, 1.54) is 11.3 Å². The molecule has 0 spiro atoms. The molecule has 1 atom stereocenters. The van der Waals surface area contributed by atoms with Crippen molar-refractivity contribution < 1.29 is 19.0 Å². The van der Waals surface area contributed by atoms with E-state index >= 15 is 0 Å². The van der Waals surface area contributed by atoms with Crippen LogP contribution in [0.1, 0.15) is 24.1 Å². The van der Waals surface area contributed by atoms with Gasteiger partial charge in [0.05, 0.1) is 43.2 Å². The highest BCUT2D eigenvalue weighted by Crippen LogP contribution is 2.33. The number of allylic oxidation sites excluding steroid dienone is 1. The fourth-order valence-electron chi connectivity index (χ4n) is 4.63. The summed E-state index contributed by atoms with van der Waals surface area (Å²) >= 11 is 1.25. The second-order valence-electron chi connectivity index (χ2n) is 8.76. The molecule has 4 aromatic rings. The number of hydrogen-bond donors (Lipinski definition) is 1. The topological polar surface area (TPSA) is 91.2 Å². The molecule has 0 saturated carbocycles. The lowest BCUT2D eigenvalue weighted by molar-refractivity contribution is -0.113. The van der Waals surface area contributed by atoms with Gasteiger partial charge in [0.2, 0.25) is 0 Å². The molecule has 0 saturated heterocycles. The first kappa shape index (κ1) is 26.0. The number of carbonyl (C=O) groups is 1. The Morgan fingerprint density at radius 1 is 0.974 bits per heavy atom. The molecule has 0 bridgehead atoms. The number of benzene rings is 3. The number of ether oxygens (including phenoxy) is 3. The maximum atomic E-state index is 14.0. The number of anilines is 1. The van der Waals surface area contributed by atoms with Crippen LogP contribution in [0.2, 0.25) is 0 Å². The van der Waals surface area contributed by atoms with Crippen molar-refractivity contribution in [3.05, 3.63) is 115 Å². The van der Waals surface area contributed by atoms with Crippen LogP contribution >= 0.6 is 11.3 Å². The van der Waals surface area contributed by atoms with E-state index in [2.05, 4.69) is 5.32 Å². The first-order valence-electron chi connectivity index (χ1n) is 12.2. The minimum atomic E-state index is -0.714. The number of nitrogens with zero attached hydrogens (tertiary/aromatic N) is 2. The Balaban J connectivity index is 1.70. The summed E-state index contributed by atoms with van der Waals surface area (Å²) in [5.41, 5.74) is 2.71. The molecule has 5 rings (SSSR count). The number of thiazole rings is 1.